The molecule has 0 aliphatic carbocycles. The van der Waals surface area contributed by atoms with E-state index in [1.54, 1.807) is 14.0 Å². The fraction of sp³-hybridized carbons (Fsp3) is 0.154. The highest BCUT2D eigenvalue weighted by atomic mass is 32.2. The molecule has 2 aromatic rings. The van der Waals surface area contributed by atoms with Gasteiger partial charge >= 0.3 is 5.97 Å². The molecule has 0 atom stereocenters. The smallest absolute Gasteiger partial charge is 0.354 e. The first-order chi connectivity index (χ1) is 9.08. The molecule has 0 amide bonds. The average molecular weight is 276 g/mol. The van der Waals surface area contributed by atoms with Crippen LogP contribution in [-0.4, -0.2) is 28.2 Å². The van der Waals surface area contributed by atoms with Gasteiger partial charge in [-0.1, -0.05) is 6.07 Å². The van der Waals surface area contributed by atoms with Crippen LogP contribution in [0.2, 0.25) is 0 Å². The summed E-state index contributed by atoms with van der Waals surface area (Å²) in [5.74, 6) is -0.325. The molecular weight excluding hydrogens is 264 g/mol. The lowest BCUT2D eigenvalue weighted by Gasteiger charge is -2.05. The standard InChI is InChI=1S/C13H12N2O3S/c1-8-6-11(12(16)17)15-13(14-8)19-10-5-3-4-9(7-10)18-2/h3-7H,1-2H3,(H,16,17). The van der Waals surface area contributed by atoms with Crippen molar-refractivity contribution < 1.29 is 14.6 Å². The Labute approximate surface area is 114 Å². The summed E-state index contributed by atoms with van der Waals surface area (Å²) >= 11 is 1.30. The number of aryl methyl sites for hydroxylation is 1. The number of aromatic carboxylic acids is 1. The summed E-state index contributed by atoms with van der Waals surface area (Å²) in [5, 5.41) is 9.37. The second-order valence-corrected chi connectivity index (χ2v) is 4.80. The molecule has 0 radical (unpaired) electrons. The summed E-state index contributed by atoms with van der Waals surface area (Å²) in [6, 6.07) is 8.87. The minimum atomic E-state index is -1.06. The molecule has 1 N–H and O–H groups in total. The second kappa shape index (κ2) is 5.71. The number of hydrogen-bond donors (Lipinski definition) is 1. The molecule has 0 bridgehead atoms. The van der Waals surface area contributed by atoms with Crippen LogP contribution in [0.1, 0.15) is 16.2 Å². The number of ether oxygens (including phenoxy) is 1. The van der Waals surface area contributed by atoms with Crippen LogP contribution in [0.15, 0.2) is 40.4 Å². The monoisotopic (exact) mass is 276 g/mol. The van der Waals surface area contributed by atoms with E-state index < -0.39 is 5.97 Å². The molecule has 0 aliphatic rings. The highest BCUT2D eigenvalue weighted by Gasteiger charge is 2.10. The summed E-state index contributed by atoms with van der Waals surface area (Å²) in [6.45, 7) is 1.74. The van der Waals surface area contributed by atoms with Gasteiger partial charge < -0.3 is 9.84 Å². The summed E-state index contributed by atoms with van der Waals surface area (Å²) in [7, 11) is 1.59. The largest absolute Gasteiger partial charge is 0.497 e. The molecular formula is C13H12N2O3S. The van der Waals surface area contributed by atoms with E-state index in [-0.39, 0.29) is 5.69 Å². The van der Waals surface area contributed by atoms with Crippen molar-refractivity contribution in [2.75, 3.05) is 7.11 Å². The second-order valence-electron chi connectivity index (χ2n) is 3.76. The zero-order valence-electron chi connectivity index (χ0n) is 10.5. The van der Waals surface area contributed by atoms with Crippen molar-refractivity contribution in [1.29, 1.82) is 0 Å². The van der Waals surface area contributed by atoms with Crippen molar-refractivity contribution in [3.05, 3.63) is 41.7 Å². The fourth-order valence-corrected chi connectivity index (χ4v) is 2.33. The quantitative estimate of drug-likeness (QED) is 0.865. The van der Waals surface area contributed by atoms with E-state index in [1.165, 1.54) is 17.8 Å². The van der Waals surface area contributed by atoms with E-state index in [2.05, 4.69) is 9.97 Å². The number of carboxylic acids is 1. The Bertz CT molecular complexity index is 617. The van der Waals surface area contributed by atoms with Crippen LogP contribution in [-0.2, 0) is 0 Å². The first-order valence-corrected chi connectivity index (χ1v) is 6.31. The van der Waals surface area contributed by atoms with Gasteiger partial charge in [0.2, 0.25) is 0 Å². The van der Waals surface area contributed by atoms with Crippen LogP contribution >= 0.6 is 11.8 Å². The summed E-state index contributed by atoms with van der Waals surface area (Å²) < 4.78 is 5.13. The molecule has 0 saturated carbocycles. The van der Waals surface area contributed by atoms with Gasteiger partial charge in [-0.15, -0.1) is 0 Å². The molecule has 2 rings (SSSR count). The van der Waals surface area contributed by atoms with Crippen LogP contribution in [0.5, 0.6) is 5.75 Å². The number of carbonyl (C=O) groups is 1. The molecule has 0 fully saturated rings. The third-order valence-corrected chi connectivity index (χ3v) is 3.16. The van der Waals surface area contributed by atoms with Crippen LogP contribution in [0, 0.1) is 6.92 Å². The normalized spacial score (nSPS) is 10.2. The lowest BCUT2D eigenvalue weighted by atomic mass is 10.3. The SMILES string of the molecule is COc1cccc(Sc2nc(C)cc(C(=O)O)n2)c1. The van der Waals surface area contributed by atoms with E-state index in [1.807, 2.05) is 24.3 Å². The molecule has 0 saturated heterocycles. The number of hydrogen-bond acceptors (Lipinski definition) is 5. The van der Waals surface area contributed by atoms with Crippen molar-refractivity contribution in [2.24, 2.45) is 0 Å². The van der Waals surface area contributed by atoms with Crippen LogP contribution < -0.4 is 4.74 Å². The molecule has 0 aliphatic heterocycles. The Balaban J connectivity index is 2.29. The van der Waals surface area contributed by atoms with Gasteiger partial charge in [0.1, 0.15) is 5.75 Å². The van der Waals surface area contributed by atoms with E-state index >= 15 is 0 Å². The van der Waals surface area contributed by atoms with E-state index in [0.29, 0.717) is 10.9 Å². The number of nitrogens with zero attached hydrogens (tertiary/aromatic N) is 2. The van der Waals surface area contributed by atoms with Crippen molar-refractivity contribution >= 4 is 17.7 Å². The number of methoxy groups -OCH3 is 1. The lowest BCUT2D eigenvalue weighted by Crippen LogP contribution is -2.03. The highest BCUT2D eigenvalue weighted by molar-refractivity contribution is 7.99. The summed E-state index contributed by atoms with van der Waals surface area (Å²) in [5.41, 5.74) is 0.621. The van der Waals surface area contributed by atoms with Crippen LogP contribution in [0.4, 0.5) is 0 Å². The summed E-state index contributed by atoms with van der Waals surface area (Å²) in [6.07, 6.45) is 0. The molecule has 6 heteroatoms. The van der Waals surface area contributed by atoms with Crippen molar-refractivity contribution in [2.45, 2.75) is 17.0 Å². The molecule has 5 nitrogen and oxygen atoms in total. The number of carboxylic acid groups (broad SMARTS) is 1. The zero-order valence-corrected chi connectivity index (χ0v) is 11.3. The fourth-order valence-electron chi connectivity index (χ4n) is 1.47. The predicted octanol–water partition coefficient (Wildman–Crippen LogP) is 2.64. The van der Waals surface area contributed by atoms with Gasteiger partial charge in [0.15, 0.2) is 10.9 Å². The van der Waals surface area contributed by atoms with Gasteiger partial charge in [-0.05, 0) is 43.0 Å². The molecule has 1 aromatic carbocycles. The van der Waals surface area contributed by atoms with E-state index in [0.717, 1.165) is 10.6 Å². The molecule has 98 valence electrons. The predicted molar refractivity (Wildman–Crippen MR) is 70.8 cm³/mol. The van der Waals surface area contributed by atoms with Gasteiger partial charge in [0.05, 0.1) is 7.11 Å². The Kier molecular flexibility index (Phi) is 4.01. The minimum absolute atomic E-state index is 0.00195. The topological polar surface area (TPSA) is 72.3 Å². The Morgan fingerprint density at radius 3 is 2.79 bits per heavy atom. The number of rotatable bonds is 4. The molecule has 19 heavy (non-hydrogen) atoms. The van der Waals surface area contributed by atoms with Gasteiger partial charge in [-0.25, -0.2) is 14.8 Å². The van der Waals surface area contributed by atoms with Gasteiger partial charge in [0.25, 0.3) is 0 Å². The Hall–Kier alpha value is -2.08. The van der Waals surface area contributed by atoms with Gasteiger partial charge in [0, 0.05) is 10.6 Å². The number of aromatic nitrogens is 2. The van der Waals surface area contributed by atoms with Gasteiger partial charge in [-0.3, -0.25) is 0 Å². The maximum Gasteiger partial charge on any atom is 0.354 e. The zero-order chi connectivity index (χ0) is 13.8. The first kappa shape index (κ1) is 13.4. The highest BCUT2D eigenvalue weighted by Crippen LogP contribution is 2.27. The van der Waals surface area contributed by atoms with Crippen molar-refractivity contribution in [3.8, 4) is 5.75 Å². The Morgan fingerprint density at radius 2 is 2.11 bits per heavy atom. The maximum absolute atomic E-state index is 10.9. The lowest BCUT2D eigenvalue weighted by molar-refractivity contribution is 0.0689. The van der Waals surface area contributed by atoms with Gasteiger partial charge in [-0.2, -0.15) is 0 Å². The van der Waals surface area contributed by atoms with Crippen LogP contribution in [0.25, 0.3) is 0 Å². The number of benzene rings is 1. The van der Waals surface area contributed by atoms with E-state index in [9.17, 15) is 4.79 Å². The molecule has 1 heterocycles. The van der Waals surface area contributed by atoms with Crippen LogP contribution in [0.3, 0.4) is 0 Å². The van der Waals surface area contributed by atoms with E-state index in [4.69, 9.17) is 9.84 Å². The first-order valence-electron chi connectivity index (χ1n) is 5.49. The average Bonchev–Trinajstić information content (AvgIpc) is 2.38. The molecule has 0 spiro atoms. The molecule has 1 aromatic heterocycles. The maximum atomic E-state index is 10.9. The minimum Gasteiger partial charge on any atom is -0.497 e. The summed E-state index contributed by atoms with van der Waals surface area (Å²) in [4.78, 5) is 20.0. The van der Waals surface area contributed by atoms with Crippen molar-refractivity contribution in [1.82, 2.24) is 9.97 Å². The Morgan fingerprint density at radius 1 is 1.32 bits per heavy atom. The third kappa shape index (κ3) is 3.45. The van der Waals surface area contributed by atoms with Crippen molar-refractivity contribution in [3.63, 3.8) is 0 Å². The third-order valence-electron chi connectivity index (χ3n) is 2.30. The molecule has 0 unspecified atom stereocenters.